The summed E-state index contributed by atoms with van der Waals surface area (Å²) in [5, 5.41) is 0. The van der Waals surface area contributed by atoms with E-state index in [9.17, 15) is 0 Å². The van der Waals surface area contributed by atoms with Gasteiger partial charge in [0.1, 0.15) is 0 Å². The van der Waals surface area contributed by atoms with Crippen LogP contribution in [0.1, 0.15) is 11.1 Å². The number of hydrogen-bond acceptors (Lipinski definition) is 2. The third-order valence-electron chi connectivity index (χ3n) is 2.90. The summed E-state index contributed by atoms with van der Waals surface area (Å²) in [5.74, 6) is 0. The molecular weight excluding hydrogens is 232 g/mol. The van der Waals surface area contributed by atoms with Gasteiger partial charge in [0.15, 0.2) is 0 Å². The molecule has 2 aromatic carbocycles. The van der Waals surface area contributed by atoms with E-state index < -0.39 is 5.54 Å². The van der Waals surface area contributed by atoms with Crippen molar-refractivity contribution >= 4 is 12.4 Å². The number of rotatable bonds is 3. The molecule has 0 aliphatic carbocycles. The van der Waals surface area contributed by atoms with Crippen molar-refractivity contribution in [2.24, 2.45) is 11.5 Å². The van der Waals surface area contributed by atoms with Crippen LogP contribution in [0.2, 0.25) is 0 Å². The van der Waals surface area contributed by atoms with E-state index in [0.717, 1.165) is 11.1 Å². The molecule has 0 bridgehead atoms. The molecule has 90 valence electrons. The molecule has 17 heavy (non-hydrogen) atoms. The minimum Gasteiger partial charge on any atom is -0.328 e. The van der Waals surface area contributed by atoms with Crippen molar-refractivity contribution in [1.82, 2.24) is 0 Å². The van der Waals surface area contributed by atoms with Crippen molar-refractivity contribution in [3.63, 3.8) is 0 Å². The van der Waals surface area contributed by atoms with Crippen molar-refractivity contribution < 1.29 is 0 Å². The summed E-state index contributed by atoms with van der Waals surface area (Å²) in [6.45, 7) is 0.390. The Labute approximate surface area is 108 Å². The first kappa shape index (κ1) is 13.7. The van der Waals surface area contributed by atoms with Gasteiger partial charge < -0.3 is 11.5 Å². The fraction of sp³-hybridized carbons (Fsp3) is 0.143. The van der Waals surface area contributed by atoms with Crippen molar-refractivity contribution in [2.45, 2.75) is 5.54 Å². The van der Waals surface area contributed by atoms with Gasteiger partial charge in [0.05, 0.1) is 5.54 Å². The van der Waals surface area contributed by atoms with E-state index in [-0.39, 0.29) is 12.4 Å². The molecule has 0 amide bonds. The SMILES string of the molecule is Cl.NCC(N)(c1ccccc1)c1ccccc1. The maximum atomic E-state index is 6.41. The highest BCUT2D eigenvalue weighted by atomic mass is 35.5. The minimum atomic E-state index is -0.595. The highest BCUT2D eigenvalue weighted by Crippen LogP contribution is 2.25. The molecule has 4 N–H and O–H groups in total. The van der Waals surface area contributed by atoms with Crippen LogP contribution in [0.15, 0.2) is 60.7 Å². The van der Waals surface area contributed by atoms with E-state index in [2.05, 4.69) is 0 Å². The van der Waals surface area contributed by atoms with Gasteiger partial charge in [-0.05, 0) is 11.1 Å². The smallest absolute Gasteiger partial charge is 0.0789 e. The monoisotopic (exact) mass is 248 g/mol. The number of nitrogens with two attached hydrogens (primary N) is 2. The first-order chi connectivity index (χ1) is 7.77. The van der Waals surface area contributed by atoms with E-state index in [0.29, 0.717) is 6.54 Å². The largest absolute Gasteiger partial charge is 0.328 e. The van der Waals surface area contributed by atoms with Crippen LogP contribution in [0.3, 0.4) is 0 Å². The lowest BCUT2D eigenvalue weighted by atomic mass is 9.84. The average molecular weight is 249 g/mol. The molecule has 2 rings (SSSR count). The molecule has 0 aromatic heterocycles. The van der Waals surface area contributed by atoms with Crippen molar-refractivity contribution in [2.75, 3.05) is 6.54 Å². The Hall–Kier alpha value is -1.35. The topological polar surface area (TPSA) is 52.0 Å². The summed E-state index contributed by atoms with van der Waals surface area (Å²) in [6.07, 6.45) is 0. The normalized spacial score (nSPS) is 10.7. The Morgan fingerprint density at radius 3 is 1.41 bits per heavy atom. The second-order valence-corrected chi connectivity index (χ2v) is 3.91. The van der Waals surface area contributed by atoms with Gasteiger partial charge in [-0.1, -0.05) is 60.7 Å². The van der Waals surface area contributed by atoms with Gasteiger partial charge in [-0.25, -0.2) is 0 Å². The maximum Gasteiger partial charge on any atom is 0.0789 e. The van der Waals surface area contributed by atoms with Crippen LogP contribution in [-0.4, -0.2) is 6.54 Å². The molecule has 2 nitrogen and oxygen atoms in total. The highest BCUT2D eigenvalue weighted by Gasteiger charge is 2.27. The Kier molecular flexibility index (Phi) is 4.70. The Bertz CT molecular complexity index is 403. The predicted molar refractivity (Wildman–Crippen MR) is 74.2 cm³/mol. The van der Waals surface area contributed by atoms with Crippen LogP contribution in [0.5, 0.6) is 0 Å². The Balaban J connectivity index is 0.00000144. The van der Waals surface area contributed by atoms with Crippen LogP contribution in [0.4, 0.5) is 0 Å². The molecule has 0 saturated heterocycles. The van der Waals surface area contributed by atoms with E-state index in [1.165, 1.54) is 0 Å². The fourth-order valence-corrected chi connectivity index (χ4v) is 1.87. The highest BCUT2D eigenvalue weighted by molar-refractivity contribution is 5.85. The average Bonchev–Trinajstić information content (AvgIpc) is 2.40. The van der Waals surface area contributed by atoms with Crippen LogP contribution >= 0.6 is 12.4 Å². The van der Waals surface area contributed by atoms with E-state index >= 15 is 0 Å². The molecule has 3 heteroatoms. The van der Waals surface area contributed by atoms with Gasteiger partial charge in [0.25, 0.3) is 0 Å². The number of benzene rings is 2. The van der Waals surface area contributed by atoms with Gasteiger partial charge in [-0.15, -0.1) is 12.4 Å². The van der Waals surface area contributed by atoms with Crippen LogP contribution in [0, 0.1) is 0 Å². The van der Waals surface area contributed by atoms with E-state index in [1.54, 1.807) is 0 Å². The molecule has 0 aliphatic heterocycles. The first-order valence-corrected chi connectivity index (χ1v) is 5.37. The molecule has 0 unspecified atom stereocenters. The molecule has 0 heterocycles. The third-order valence-corrected chi connectivity index (χ3v) is 2.90. The fourth-order valence-electron chi connectivity index (χ4n) is 1.87. The van der Waals surface area contributed by atoms with E-state index in [1.807, 2.05) is 60.7 Å². The van der Waals surface area contributed by atoms with Gasteiger partial charge in [0, 0.05) is 6.54 Å². The number of hydrogen-bond donors (Lipinski definition) is 2. The number of halogens is 1. The Morgan fingerprint density at radius 2 is 1.12 bits per heavy atom. The lowest BCUT2D eigenvalue weighted by molar-refractivity contribution is 0.551. The summed E-state index contributed by atoms with van der Waals surface area (Å²) in [7, 11) is 0. The predicted octanol–water partition coefficient (Wildman–Crippen LogP) is 2.27. The molecule has 0 aliphatic rings. The zero-order chi connectivity index (χ0) is 11.4. The van der Waals surface area contributed by atoms with Gasteiger partial charge in [0.2, 0.25) is 0 Å². The molecular formula is C14H17ClN2. The van der Waals surface area contributed by atoms with Crippen LogP contribution in [0.25, 0.3) is 0 Å². The van der Waals surface area contributed by atoms with Crippen LogP contribution < -0.4 is 11.5 Å². The van der Waals surface area contributed by atoms with E-state index in [4.69, 9.17) is 11.5 Å². The molecule has 2 aromatic rings. The standard InChI is InChI=1S/C14H16N2.ClH/c15-11-14(16,12-7-3-1-4-8-12)13-9-5-2-6-10-13;/h1-10H,11,15-16H2;1H. The molecule has 0 saturated carbocycles. The minimum absolute atomic E-state index is 0. The third kappa shape index (κ3) is 2.67. The molecule has 0 radical (unpaired) electrons. The summed E-state index contributed by atoms with van der Waals surface area (Å²) in [6, 6.07) is 19.9. The van der Waals surface area contributed by atoms with Gasteiger partial charge >= 0.3 is 0 Å². The second-order valence-electron chi connectivity index (χ2n) is 3.91. The lowest BCUT2D eigenvalue weighted by Crippen LogP contribution is -2.45. The van der Waals surface area contributed by atoms with Gasteiger partial charge in [-0.2, -0.15) is 0 Å². The zero-order valence-electron chi connectivity index (χ0n) is 9.54. The second kappa shape index (κ2) is 5.82. The van der Waals surface area contributed by atoms with Crippen molar-refractivity contribution in [1.29, 1.82) is 0 Å². The summed E-state index contributed by atoms with van der Waals surface area (Å²) >= 11 is 0. The summed E-state index contributed by atoms with van der Waals surface area (Å²) in [4.78, 5) is 0. The lowest BCUT2D eigenvalue weighted by Gasteiger charge is -2.29. The van der Waals surface area contributed by atoms with Gasteiger partial charge in [-0.3, -0.25) is 0 Å². The maximum absolute atomic E-state index is 6.41. The quantitative estimate of drug-likeness (QED) is 0.876. The van der Waals surface area contributed by atoms with Crippen molar-refractivity contribution in [3.8, 4) is 0 Å². The molecule has 0 fully saturated rings. The zero-order valence-corrected chi connectivity index (χ0v) is 10.4. The van der Waals surface area contributed by atoms with Crippen molar-refractivity contribution in [3.05, 3.63) is 71.8 Å². The Morgan fingerprint density at radius 1 is 0.765 bits per heavy atom. The molecule has 0 spiro atoms. The first-order valence-electron chi connectivity index (χ1n) is 5.37. The molecule has 0 atom stereocenters. The summed E-state index contributed by atoms with van der Waals surface area (Å²) in [5.41, 5.74) is 13.8. The summed E-state index contributed by atoms with van der Waals surface area (Å²) < 4.78 is 0. The van der Waals surface area contributed by atoms with Crippen LogP contribution in [-0.2, 0) is 5.54 Å².